The fourth-order valence-electron chi connectivity index (χ4n) is 4.37. The van der Waals surface area contributed by atoms with Crippen LogP contribution >= 0.6 is 11.3 Å². The van der Waals surface area contributed by atoms with Crippen molar-refractivity contribution in [2.45, 2.75) is 31.6 Å². The fraction of sp³-hybridized carbons (Fsp3) is 0.304. The number of pyridine rings is 1. The summed E-state index contributed by atoms with van der Waals surface area (Å²) in [5.74, 6) is 0. The van der Waals surface area contributed by atoms with Gasteiger partial charge in [0.25, 0.3) is 0 Å². The van der Waals surface area contributed by atoms with Crippen LogP contribution in [0.25, 0.3) is 27.5 Å². The van der Waals surface area contributed by atoms with E-state index >= 15 is 0 Å². The molecule has 0 spiro atoms. The van der Waals surface area contributed by atoms with Crippen molar-refractivity contribution >= 4 is 27.7 Å². The van der Waals surface area contributed by atoms with Gasteiger partial charge in [0.15, 0.2) is 5.01 Å². The largest absolute Gasteiger partial charge is 0.371 e. The number of anilines is 2. The van der Waals surface area contributed by atoms with Crippen LogP contribution in [0, 0.1) is 22.7 Å². The Labute approximate surface area is 199 Å². The number of nitrogens with zero attached hydrogens (tertiary/aromatic N) is 8. The molecule has 7 rings (SSSR count). The van der Waals surface area contributed by atoms with Crippen molar-refractivity contribution < 1.29 is 4.74 Å². The second-order valence-corrected chi connectivity index (χ2v) is 9.39. The quantitative estimate of drug-likeness (QED) is 0.469. The van der Waals surface area contributed by atoms with Crippen LogP contribution in [0.4, 0.5) is 10.8 Å². The lowest BCUT2D eigenvalue weighted by Crippen LogP contribution is -2.57. The summed E-state index contributed by atoms with van der Waals surface area (Å²) in [5, 5.41) is 36.6. The molecular weight excluding hydrogens is 450 g/mol. The Balaban J connectivity index is 1.37. The Hall–Kier alpha value is -4.06. The number of piperidine rings is 1. The van der Waals surface area contributed by atoms with Gasteiger partial charge in [-0.1, -0.05) is 11.3 Å². The molecule has 3 aliphatic rings. The minimum Gasteiger partial charge on any atom is -0.371 e. The predicted molar refractivity (Wildman–Crippen MR) is 126 cm³/mol. The molecule has 0 saturated carbocycles. The first-order valence-electron chi connectivity index (χ1n) is 10.9. The number of morpholine rings is 1. The van der Waals surface area contributed by atoms with E-state index < -0.39 is 6.04 Å². The van der Waals surface area contributed by atoms with Crippen molar-refractivity contribution in [1.82, 2.24) is 24.8 Å². The van der Waals surface area contributed by atoms with Crippen LogP contribution in [0.5, 0.6) is 0 Å². The number of fused-ring (bicyclic) bond motifs is 3. The van der Waals surface area contributed by atoms with Gasteiger partial charge in [0.1, 0.15) is 12.1 Å². The van der Waals surface area contributed by atoms with Crippen molar-refractivity contribution in [1.29, 1.82) is 10.5 Å². The number of hydrogen-bond donors (Lipinski definition) is 1. The highest BCUT2D eigenvalue weighted by Crippen LogP contribution is 2.38. The summed E-state index contributed by atoms with van der Waals surface area (Å²) < 4.78 is 7.47. The third-order valence-electron chi connectivity index (χ3n) is 6.04. The highest BCUT2D eigenvalue weighted by atomic mass is 32.1. The first-order chi connectivity index (χ1) is 16.6. The molecule has 3 atom stereocenters. The van der Waals surface area contributed by atoms with Gasteiger partial charge in [0.05, 0.1) is 52.5 Å². The molecule has 3 fully saturated rings. The third kappa shape index (κ3) is 3.52. The number of nitriles is 2. The fourth-order valence-corrected chi connectivity index (χ4v) is 5.26. The summed E-state index contributed by atoms with van der Waals surface area (Å²) in [4.78, 5) is 6.91. The van der Waals surface area contributed by atoms with Crippen LogP contribution in [-0.4, -0.2) is 56.1 Å². The molecule has 1 N–H and O–H groups in total. The van der Waals surface area contributed by atoms with E-state index in [0.29, 0.717) is 11.3 Å². The molecule has 2 unspecified atom stereocenters. The predicted octanol–water partition coefficient (Wildman–Crippen LogP) is 3.09. The van der Waals surface area contributed by atoms with Crippen molar-refractivity contribution in [2.75, 3.05) is 23.3 Å². The molecule has 3 saturated heterocycles. The van der Waals surface area contributed by atoms with Gasteiger partial charge >= 0.3 is 0 Å². The van der Waals surface area contributed by atoms with E-state index in [1.54, 1.807) is 23.7 Å². The average molecular weight is 470 g/mol. The summed E-state index contributed by atoms with van der Waals surface area (Å²) in [6, 6.07) is 11.4. The molecule has 4 aromatic heterocycles. The lowest BCUT2D eigenvalue weighted by Gasteiger charge is -2.46. The molecule has 2 bridgehead atoms. The molecule has 0 aliphatic carbocycles. The van der Waals surface area contributed by atoms with Gasteiger partial charge in [0.2, 0.25) is 5.13 Å². The SMILES string of the molecule is C[C@H](C#N)Nc1cc(-c2ccc3cc(C#N)cnn23)ncc1-c1nnc(N2CC3CC(C2)O3)s1. The van der Waals surface area contributed by atoms with Crippen LogP contribution in [0.3, 0.4) is 0 Å². The van der Waals surface area contributed by atoms with Crippen LogP contribution in [-0.2, 0) is 4.74 Å². The average Bonchev–Trinajstić information content (AvgIpc) is 3.51. The Bertz CT molecular complexity index is 1460. The van der Waals surface area contributed by atoms with Crippen molar-refractivity contribution in [3.8, 4) is 34.1 Å². The van der Waals surface area contributed by atoms with E-state index in [1.165, 1.54) is 17.5 Å². The lowest BCUT2D eigenvalue weighted by molar-refractivity contribution is -0.133. The standard InChI is InChI=1S/C23H19N9OS/c1-13(7-24)28-19-6-20(21-3-2-15-4-14(8-25)9-27-32(15)21)26-10-18(19)22-29-30-23(34-22)31-11-16-5-17(12-31)33-16/h2-4,6,9-10,13,16-17H,5,11-12H2,1H3,(H,26,28)/t13-,16?,17?/m1/s1. The van der Waals surface area contributed by atoms with E-state index in [4.69, 9.17) is 10.00 Å². The zero-order valence-electron chi connectivity index (χ0n) is 18.2. The number of aromatic nitrogens is 5. The zero-order valence-corrected chi connectivity index (χ0v) is 19.0. The molecule has 11 heteroatoms. The van der Waals surface area contributed by atoms with Gasteiger partial charge in [-0.05, 0) is 31.2 Å². The summed E-state index contributed by atoms with van der Waals surface area (Å²) in [6.07, 6.45) is 4.98. The summed E-state index contributed by atoms with van der Waals surface area (Å²) in [5.41, 5.74) is 4.30. The van der Waals surface area contributed by atoms with E-state index in [2.05, 4.69) is 42.6 Å². The summed E-state index contributed by atoms with van der Waals surface area (Å²) >= 11 is 1.51. The summed E-state index contributed by atoms with van der Waals surface area (Å²) in [6.45, 7) is 3.47. The minimum atomic E-state index is -0.409. The van der Waals surface area contributed by atoms with Gasteiger partial charge in [-0.2, -0.15) is 15.6 Å². The molecule has 3 aliphatic heterocycles. The smallest absolute Gasteiger partial charge is 0.208 e. The maximum Gasteiger partial charge on any atom is 0.208 e. The van der Waals surface area contributed by atoms with Gasteiger partial charge in [0, 0.05) is 31.4 Å². The normalized spacial score (nSPS) is 19.8. The van der Waals surface area contributed by atoms with Gasteiger partial charge < -0.3 is 15.0 Å². The first-order valence-corrected chi connectivity index (χ1v) is 11.7. The zero-order chi connectivity index (χ0) is 23.2. The number of ether oxygens (including phenoxy) is 1. The highest BCUT2D eigenvalue weighted by molar-refractivity contribution is 7.18. The second-order valence-electron chi connectivity index (χ2n) is 8.43. The monoisotopic (exact) mass is 469 g/mol. The van der Waals surface area contributed by atoms with E-state index in [0.717, 1.165) is 52.1 Å². The van der Waals surface area contributed by atoms with E-state index in [9.17, 15) is 5.26 Å². The van der Waals surface area contributed by atoms with Gasteiger partial charge in [-0.25, -0.2) is 4.52 Å². The third-order valence-corrected chi connectivity index (χ3v) is 7.05. The van der Waals surface area contributed by atoms with Crippen LogP contribution in [0.15, 0.2) is 36.7 Å². The molecule has 0 radical (unpaired) electrons. The molecule has 168 valence electrons. The Morgan fingerprint density at radius 2 is 2.00 bits per heavy atom. The number of nitrogens with one attached hydrogen (secondary N) is 1. The number of hydrogen-bond acceptors (Lipinski definition) is 10. The highest BCUT2D eigenvalue weighted by Gasteiger charge is 2.39. The Kier molecular flexibility index (Phi) is 4.87. The molecule has 0 amide bonds. The molecule has 34 heavy (non-hydrogen) atoms. The first kappa shape index (κ1) is 20.5. The molecule has 10 nitrogen and oxygen atoms in total. The van der Waals surface area contributed by atoms with E-state index in [-0.39, 0.29) is 12.2 Å². The van der Waals surface area contributed by atoms with Crippen LogP contribution in [0.2, 0.25) is 0 Å². The molecule has 0 aromatic carbocycles. The lowest BCUT2D eigenvalue weighted by atomic mass is 9.99. The van der Waals surface area contributed by atoms with E-state index in [1.807, 2.05) is 18.2 Å². The van der Waals surface area contributed by atoms with Gasteiger partial charge in [-0.15, -0.1) is 10.2 Å². The second kappa shape index (κ2) is 8.06. The minimum absolute atomic E-state index is 0.287. The molecular formula is C23H19N9OS. The Morgan fingerprint density at radius 1 is 1.18 bits per heavy atom. The number of rotatable bonds is 5. The van der Waals surface area contributed by atoms with Crippen molar-refractivity contribution in [2.24, 2.45) is 0 Å². The topological polar surface area (TPSA) is 128 Å². The maximum atomic E-state index is 9.39. The summed E-state index contributed by atoms with van der Waals surface area (Å²) in [7, 11) is 0. The molecule has 4 aromatic rings. The van der Waals surface area contributed by atoms with Crippen LogP contribution in [0.1, 0.15) is 18.9 Å². The molecule has 7 heterocycles. The van der Waals surface area contributed by atoms with Crippen molar-refractivity contribution in [3.63, 3.8) is 0 Å². The maximum absolute atomic E-state index is 9.39. The Morgan fingerprint density at radius 3 is 2.76 bits per heavy atom. The van der Waals surface area contributed by atoms with Crippen LogP contribution < -0.4 is 10.2 Å². The van der Waals surface area contributed by atoms with Crippen molar-refractivity contribution in [3.05, 3.63) is 42.2 Å². The van der Waals surface area contributed by atoms with Gasteiger partial charge in [-0.3, -0.25) is 4.98 Å².